The van der Waals surface area contributed by atoms with Crippen LogP contribution in [0.25, 0.3) is 0 Å². The van der Waals surface area contributed by atoms with Gasteiger partial charge in [-0.05, 0) is 48.8 Å². The highest BCUT2D eigenvalue weighted by Gasteiger charge is 2.15. The van der Waals surface area contributed by atoms with Crippen LogP contribution in [0.3, 0.4) is 0 Å². The van der Waals surface area contributed by atoms with Crippen molar-refractivity contribution in [1.29, 1.82) is 0 Å². The molecule has 1 aromatic heterocycles. The number of alkyl carbamates (subject to hydrolysis) is 1. The van der Waals surface area contributed by atoms with E-state index in [1.807, 2.05) is 12.1 Å². The van der Waals surface area contributed by atoms with Gasteiger partial charge in [0.25, 0.3) is 0 Å². The first kappa shape index (κ1) is 17.0. The number of nitrogens with one attached hydrogen (secondary N) is 2. The SMILES string of the molecule is CC(C)(C)OC(=O)NCCC(=O)NCc1ccc(Br)s1. The molecule has 20 heavy (non-hydrogen) atoms. The summed E-state index contributed by atoms with van der Waals surface area (Å²) in [5.74, 6) is -0.106. The second kappa shape index (κ2) is 7.64. The minimum Gasteiger partial charge on any atom is -0.444 e. The number of hydrogen-bond donors (Lipinski definition) is 2. The molecule has 0 aliphatic rings. The van der Waals surface area contributed by atoms with Crippen molar-refractivity contribution in [3.8, 4) is 0 Å². The molecule has 112 valence electrons. The van der Waals surface area contributed by atoms with Crippen LogP contribution in [0.15, 0.2) is 15.9 Å². The molecule has 1 aromatic rings. The highest BCUT2D eigenvalue weighted by molar-refractivity contribution is 9.11. The summed E-state index contributed by atoms with van der Waals surface area (Å²) < 4.78 is 6.10. The van der Waals surface area contributed by atoms with E-state index in [0.29, 0.717) is 6.54 Å². The van der Waals surface area contributed by atoms with E-state index in [0.717, 1.165) is 8.66 Å². The van der Waals surface area contributed by atoms with Gasteiger partial charge >= 0.3 is 6.09 Å². The van der Waals surface area contributed by atoms with Gasteiger partial charge in [0.05, 0.1) is 10.3 Å². The zero-order valence-electron chi connectivity index (χ0n) is 11.8. The van der Waals surface area contributed by atoms with Crippen LogP contribution >= 0.6 is 27.3 Å². The van der Waals surface area contributed by atoms with E-state index in [2.05, 4.69) is 26.6 Å². The smallest absolute Gasteiger partial charge is 0.407 e. The summed E-state index contributed by atoms with van der Waals surface area (Å²) in [6.07, 6.45) is -0.279. The molecule has 0 saturated heterocycles. The molecule has 2 amide bonds. The van der Waals surface area contributed by atoms with Gasteiger partial charge in [-0.15, -0.1) is 11.3 Å². The van der Waals surface area contributed by atoms with Crippen molar-refractivity contribution in [3.05, 3.63) is 20.8 Å². The highest BCUT2D eigenvalue weighted by atomic mass is 79.9. The molecule has 0 atom stereocenters. The molecule has 0 saturated carbocycles. The summed E-state index contributed by atoms with van der Waals surface area (Å²) in [6, 6.07) is 3.89. The normalized spacial score (nSPS) is 11.0. The summed E-state index contributed by atoms with van der Waals surface area (Å²) in [4.78, 5) is 24.0. The lowest BCUT2D eigenvalue weighted by Gasteiger charge is -2.19. The number of hydrogen-bond acceptors (Lipinski definition) is 4. The van der Waals surface area contributed by atoms with E-state index >= 15 is 0 Å². The molecule has 1 heterocycles. The quantitative estimate of drug-likeness (QED) is 0.845. The van der Waals surface area contributed by atoms with Gasteiger partial charge in [0.1, 0.15) is 5.60 Å². The second-order valence-corrected chi connectivity index (χ2v) is 7.71. The molecule has 0 bridgehead atoms. The molecule has 0 fully saturated rings. The Kier molecular flexibility index (Phi) is 6.48. The van der Waals surface area contributed by atoms with E-state index < -0.39 is 11.7 Å². The van der Waals surface area contributed by atoms with Crippen molar-refractivity contribution >= 4 is 39.3 Å². The van der Waals surface area contributed by atoms with Crippen LogP contribution in [-0.2, 0) is 16.1 Å². The summed E-state index contributed by atoms with van der Waals surface area (Å²) in [6.45, 7) is 6.13. The van der Waals surface area contributed by atoms with E-state index in [9.17, 15) is 9.59 Å². The third-order valence-corrected chi connectivity index (χ3v) is 3.73. The molecule has 0 spiro atoms. The number of carbonyl (C=O) groups is 2. The monoisotopic (exact) mass is 362 g/mol. The molecule has 0 aliphatic carbocycles. The average Bonchev–Trinajstić information content (AvgIpc) is 2.70. The largest absolute Gasteiger partial charge is 0.444 e. The van der Waals surface area contributed by atoms with Crippen LogP contribution in [0.4, 0.5) is 4.79 Å². The second-order valence-electron chi connectivity index (χ2n) is 5.16. The topological polar surface area (TPSA) is 67.4 Å². The van der Waals surface area contributed by atoms with Gasteiger partial charge in [0.15, 0.2) is 0 Å². The molecule has 0 radical (unpaired) electrons. The van der Waals surface area contributed by atoms with E-state index in [-0.39, 0.29) is 18.9 Å². The molecular weight excluding hydrogens is 344 g/mol. The maximum Gasteiger partial charge on any atom is 0.407 e. The fraction of sp³-hybridized carbons (Fsp3) is 0.538. The summed E-state index contributed by atoms with van der Waals surface area (Å²) in [5, 5.41) is 5.34. The summed E-state index contributed by atoms with van der Waals surface area (Å²) in [7, 11) is 0. The molecule has 7 heteroatoms. The lowest BCUT2D eigenvalue weighted by atomic mass is 10.2. The summed E-state index contributed by atoms with van der Waals surface area (Å²) in [5.41, 5.74) is -0.529. The van der Waals surface area contributed by atoms with Gasteiger partial charge in [-0.3, -0.25) is 4.79 Å². The van der Waals surface area contributed by atoms with Crippen LogP contribution in [0.1, 0.15) is 32.1 Å². The molecule has 1 rings (SSSR count). The number of amides is 2. The molecule has 0 unspecified atom stereocenters. The Hall–Kier alpha value is -1.08. The number of carbonyl (C=O) groups excluding carboxylic acids is 2. The predicted molar refractivity (Wildman–Crippen MR) is 82.7 cm³/mol. The van der Waals surface area contributed by atoms with Gasteiger partial charge in [0.2, 0.25) is 5.91 Å². The Morgan fingerprint density at radius 3 is 2.55 bits per heavy atom. The average molecular weight is 363 g/mol. The number of ether oxygens (including phenoxy) is 1. The van der Waals surface area contributed by atoms with E-state index in [4.69, 9.17) is 4.74 Å². The van der Waals surface area contributed by atoms with Crippen molar-refractivity contribution < 1.29 is 14.3 Å². The lowest BCUT2D eigenvalue weighted by Crippen LogP contribution is -2.35. The maximum atomic E-state index is 11.6. The first-order chi connectivity index (χ1) is 9.26. The zero-order chi connectivity index (χ0) is 15.2. The Morgan fingerprint density at radius 1 is 1.30 bits per heavy atom. The maximum absolute atomic E-state index is 11.6. The third-order valence-electron chi connectivity index (χ3n) is 2.11. The standard InChI is InChI=1S/C13H19BrN2O3S/c1-13(2,3)19-12(18)15-7-6-11(17)16-8-9-4-5-10(14)20-9/h4-5H,6-8H2,1-3H3,(H,15,18)(H,16,17). The van der Waals surface area contributed by atoms with Gasteiger partial charge in [0, 0.05) is 17.8 Å². The highest BCUT2D eigenvalue weighted by Crippen LogP contribution is 2.21. The lowest BCUT2D eigenvalue weighted by molar-refractivity contribution is -0.121. The van der Waals surface area contributed by atoms with Crippen LogP contribution < -0.4 is 10.6 Å². The summed E-state index contributed by atoms with van der Waals surface area (Å²) >= 11 is 4.94. The minimum absolute atomic E-state index is 0.106. The number of rotatable bonds is 5. The zero-order valence-corrected chi connectivity index (χ0v) is 14.2. The first-order valence-electron chi connectivity index (χ1n) is 6.24. The number of halogens is 1. The molecule has 0 aliphatic heterocycles. The fourth-order valence-electron chi connectivity index (χ4n) is 1.31. The minimum atomic E-state index is -0.529. The fourth-order valence-corrected chi connectivity index (χ4v) is 2.74. The van der Waals surface area contributed by atoms with Gasteiger partial charge in [-0.25, -0.2) is 4.79 Å². The molecule has 2 N–H and O–H groups in total. The van der Waals surface area contributed by atoms with Crippen molar-refractivity contribution in [2.75, 3.05) is 6.54 Å². The van der Waals surface area contributed by atoms with E-state index in [1.165, 1.54) is 0 Å². The van der Waals surface area contributed by atoms with Crippen LogP contribution in [0, 0.1) is 0 Å². The van der Waals surface area contributed by atoms with Crippen molar-refractivity contribution in [2.24, 2.45) is 0 Å². The van der Waals surface area contributed by atoms with Crippen molar-refractivity contribution in [1.82, 2.24) is 10.6 Å². The third kappa shape index (κ3) is 7.49. The van der Waals surface area contributed by atoms with Crippen LogP contribution in [-0.4, -0.2) is 24.1 Å². The first-order valence-corrected chi connectivity index (χ1v) is 7.85. The Bertz CT molecular complexity index is 468. The van der Waals surface area contributed by atoms with E-state index in [1.54, 1.807) is 32.1 Å². The van der Waals surface area contributed by atoms with Gasteiger partial charge < -0.3 is 15.4 Å². The van der Waals surface area contributed by atoms with Crippen LogP contribution in [0.5, 0.6) is 0 Å². The van der Waals surface area contributed by atoms with Crippen molar-refractivity contribution in [2.45, 2.75) is 39.3 Å². The van der Waals surface area contributed by atoms with Gasteiger partial charge in [-0.2, -0.15) is 0 Å². The predicted octanol–water partition coefficient (Wildman–Crippen LogP) is 3.04. The molecule has 0 aromatic carbocycles. The van der Waals surface area contributed by atoms with Crippen molar-refractivity contribution in [3.63, 3.8) is 0 Å². The molecule has 5 nitrogen and oxygen atoms in total. The molecular formula is C13H19BrN2O3S. The number of thiophene rings is 1. The Labute approximate surface area is 131 Å². The van der Waals surface area contributed by atoms with Crippen LogP contribution in [0.2, 0.25) is 0 Å². The Balaban J connectivity index is 2.16. The van der Waals surface area contributed by atoms with Gasteiger partial charge in [-0.1, -0.05) is 0 Å². The Morgan fingerprint density at radius 2 is 2.00 bits per heavy atom.